The number of carbonyl (C=O) groups excluding carboxylic acids is 4. The van der Waals surface area contributed by atoms with Gasteiger partial charge in [0.1, 0.15) is 17.9 Å². The van der Waals surface area contributed by atoms with Crippen LogP contribution in [0.15, 0.2) is 35.5 Å². The molecule has 4 N–H and O–H groups in total. The predicted molar refractivity (Wildman–Crippen MR) is 230 cm³/mol. The van der Waals surface area contributed by atoms with Gasteiger partial charge in [0.05, 0.1) is 37.6 Å². The standard InChI is InChI=1S/C47H75NO14/c1-27(21-34(14-13-16-42(52)61-10)38(51)26-37(50)32(6)31(5)29(3)23-33-17-18-36(49)39(25-33)58-7)20-28(2)22-40(59-8)43-41(60-9)24-30(4)47(57,62-43)44(53)45(54)48-19-12-11-15-35(48)46(55)56/h13,16,21,23,28,30-37,39-41,43,49-50,57H,11-12,14-15,17-20,22,24-26H2,1-10H3,(H,55,56)/b16-13+,27-21+,29-23+/t28-,30+,31+,32-,33-,34+,35-,36+,37-,39+,40-,41-,43+,47+/m0/s1. The average Bonchev–Trinajstić information content (AvgIpc) is 3.25. The van der Waals surface area contributed by atoms with Gasteiger partial charge in [-0.1, -0.05) is 57.1 Å². The van der Waals surface area contributed by atoms with Crippen LogP contribution < -0.4 is 0 Å². The summed E-state index contributed by atoms with van der Waals surface area (Å²) in [4.78, 5) is 66.0. The highest BCUT2D eigenvalue weighted by Gasteiger charge is 2.56. The Labute approximate surface area is 368 Å². The molecule has 1 aliphatic carbocycles. The smallest absolute Gasteiger partial charge is 0.330 e. The van der Waals surface area contributed by atoms with Gasteiger partial charge in [-0.2, -0.15) is 0 Å². The van der Waals surface area contributed by atoms with Gasteiger partial charge in [0, 0.05) is 52.2 Å². The van der Waals surface area contributed by atoms with Crippen molar-refractivity contribution < 1.29 is 68.1 Å². The van der Waals surface area contributed by atoms with Crippen molar-refractivity contribution in [2.45, 2.75) is 161 Å². The van der Waals surface area contributed by atoms with Crippen molar-refractivity contribution in [3.63, 3.8) is 0 Å². The van der Waals surface area contributed by atoms with Gasteiger partial charge < -0.3 is 49.0 Å². The Bertz CT molecular complexity index is 1610. The Morgan fingerprint density at radius 2 is 1.61 bits per heavy atom. The number of methoxy groups -OCH3 is 4. The Balaban J connectivity index is 1.74. The number of hydrogen-bond donors (Lipinski definition) is 4. The number of ketones is 2. The van der Waals surface area contributed by atoms with Crippen molar-refractivity contribution in [2.24, 2.45) is 35.5 Å². The summed E-state index contributed by atoms with van der Waals surface area (Å²) in [5.41, 5.74) is 1.99. The van der Waals surface area contributed by atoms with Crippen LogP contribution >= 0.6 is 0 Å². The Morgan fingerprint density at radius 1 is 0.935 bits per heavy atom. The summed E-state index contributed by atoms with van der Waals surface area (Å²) in [5.74, 6) is -8.39. The first-order chi connectivity index (χ1) is 29.2. The highest BCUT2D eigenvalue weighted by Crippen LogP contribution is 2.39. The number of carboxylic acids is 1. The fourth-order valence-electron chi connectivity index (χ4n) is 9.42. The Hall–Kier alpha value is -3.31. The fourth-order valence-corrected chi connectivity index (χ4v) is 9.42. The highest BCUT2D eigenvalue weighted by atomic mass is 16.7. The number of carboxylic acid groups (broad SMARTS) is 1. The molecule has 352 valence electrons. The third kappa shape index (κ3) is 14.1. The maximum absolute atomic E-state index is 13.9. The number of rotatable bonds is 22. The second kappa shape index (κ2) is 24.7. The summed E-state index contributed by atoms with van der Waals surface area (Å²) in [5, 5.41) is 43.1. The summed E-state index contributed by atoms with van der Waals surface area (Å²) >= 11 is 0. The zero-order chi connectivity index (χ0) is 46.5. The van der Waals surface area contributed by atoms with Crippen LogP contribution in [0.25, 0.3) is 0 Å². The molecule has 0 aromatic carbocycles. The number of carbonyl (C=O) groups is 5. The summed E-state index contributed by atoms with van der Waals surface area (Å²) in [7, 11) is 5.86. The lowest BCUT2D eigenvalue weighted by molar-refractivity contribution is -0.302. The molecule has 2 saturated heterocycles. The van der Waals surface area contributed by atoms with Crippen molar-refractivity contribution in [3.8, 4) is 0 Å². The summed E-state index contributed by atoms with van der Waals surface area (Å²) in [6, 6.07) is -1.17. The lowest BCUT2D eigenvalue weighted by Crippen LogP contribution is -2.64. The summed E-state index contributed by atoms with van der Waals surface area (Å²) < 4.78 is 28.0. The van der Waals surface area contributed by atoms with Crippen molar-refractivity contribution in [3.05, 3.63) is 35.5 Å². The number of esters is 1. The summed E-state index contributed by atoms with van der Waals surface area (Å²) in [6.45, 7) is 11.6. The number of aliphatic hydroxyl groups is 3. The molecule has 1 amide bonds. The quantitative estimate of drug-likeness (QED) is 0.0489. The van der Waals surface area contributed by atoms with E-state index in [4.69, 9.17) is 23.7 Å². The first-order valence-corrected chi connectivity index (χ1v) is 22.3. The van der Waals surface area contributed by atoms with E-state index >= 15 is 0 Å². The van der Waals surface area contributed by atoms with E-state index in [1.54, 1.807) is 20.1 Å². The van der Waals surface area contributed by atoms with E-state index in [1.165, 1.54) is 27.4 Å². The zero-order valence-electron chi connectivity index (χ0n) is 38.6. The lowest BCUT2D eigenvalue weighted by Gasteiger charge is -2.47. The van der Waals surface area contributed by atoms with Crippen LogP contribution in [-0.2, 0) is 47.7 Å². The van der Waals surface area contributed by atoms with Gasteiger partial charge >= 0.3 is 11.9 Å². The molecule has 15 heteroatoms. The number of hydrogen-bond acceptors (Lipinski definition) is 13. The molecule has 15 nitrogen and oxygen atoms in total. The van der Waals surface area contributed by atoms with E-state index in [0.717, 1.165) is 28.9 Å². The number of likely N-dealkylation sites (tertiary alicyclic amines) is 1. The first-order valence-electron chi connectivity index (χ1n) is 22.3. The third-order valence-corrected chi connectivity index (χ3v) is 13.6. The molecule has 0 aromatic rings. The number of amides is 1. The largest absolute Gasteiger partial charge is 0.480 e. The van der Waals surface area contributed by atoms with Crippen LogP contribution in [0.3, 0.4) is 0 Å². The summed E-state index contributed by atoms with van der Waals surface area (Å²) in [6.07, 6.45) is 7.81. The fraction of sp³-hybridized carbons (Fsp3) is 0.766. The van der Waals surface area contributed by atoms with Crippen molar-refractivity contribution in [1.29, 1.82) is 0 Å². The molecule has 2 aliphatic heterocycles. The first kappa shape index (κ1) is 53.0. The van der Waals surface area contributed by atoms with E-state index in [-0.39, 0.29) is 67.8 Å². The molecule has 3 fully saturated rings. The minimum Gasteiger partial charge on any atom is -0.480 e. The van der Waals surface area contributed by atoms with E-state index < -0.39 is 77.8 Å². The molecule has 0 aromatic heterocycles. The van der Waals surface area contributed by atoms with Crippen molar-refractivity contribution in [2.75, 3.05) is 35.0 Å². The van der Waals surface area contributed by atoms with Gasteiger partial charge in [0.25, 0.3) is 11.7 Å². The van der Waals surface area contributed by atoms with Gasteiger partial charge in [-0.15, -0.1) is 0 Å². The molecule has 2 heterocycles. The lowest BCUT2D eigenvalue weighted by atomic mass is 9.79. The van der Waals surface area contributed by atoms with Gasteiger partial charge in [-0.25, -0.2) is 9.59 Å². The maximum atomic E-state index is 13.9. The molecule has 3 aliphatic rings. The van der Waals surface area contributed by atoms with Crippen LogP contribution in [0, 0.1) is 35.5 Å². The second-order valence-corrected chi connectivity index (χ2v) is 18.2. The monoisotopic (exact) mass is 878 g/mol. The normalized spacial score (nSPS) is 30.5. The topological polar surface area (TPSA) is 216 Å². The molecule has 0 bridgehead atoms. The molecule has 0 spiro atoms. The molecule has 62 heavy (non-hydrogen) atoms. The van der Waals surface area contributed by atoms with Gasteiger partial charge in [0.2, 0.25) is 5.79 Å². The number of aliphatic hydroxyl groups excluding tert-OH is 2. The molecule has 0 unspecified atom stereocenters. The van der Waals surface area contributed by atoms with Crippen LogP contribution in [0.2, 0.25) is 0 Å². The minimum atomic E-state index is -2.54. The molecule has 0 radical (unpaired) electrons. The van der Waals surface area contributed by atoms with E-state index in [9.17, 15) is 44.4 Å². The van der Waals surface area contributed by atoms with Crippen LogP contribution in [0.1, 0.15) is 112 Å². The molecule has 3 rings (SSSR count). The number of ether oxygens (including phenoxy) is 5. The third-order valence-electron chi connectivity index (χ3n) is 13.6. The number of piperidine rings is 1. The Morgan fingerprint density at radius 3 is 2.23 bits per heavy atom. The van der Waals surface area contributed by atoms with Gasteiger partial charge in [-0.05, 0) is 102 Å². The van der Waals surface area contributed by atoms with Gasteiger partial charge in [0.15, 0.2) is 0 Å². The van der Waals surface area contributed by atoms with E-state index in [2.05, 4.69) is 6.08 Å². The Kier molecular flexibility index (Phi) is 21.1. The highest BCUT2D eigenvalue weighted by molar-refractivity contribution is 6.39. The van der Waals surface area contributed by atoms with Crippen molar-refractivity contribution >= 4 is 29.4 Å². The zero-order valence-corrected chi connectivity index (χ0v) is 38.6. The number of nitrogens with zero attached hydrogens (tertiary/aromatic N) is 1. The van der Waals surface area contributed by atoms with E-state index in [1.807, 2.05) is 40.7 Å². The number of Topliss-reactive ketones (excluding diaryl/α,β-unsaturated/α-hetero) is 2. The molecular weight excluding hydrogens is 803 g/mol. The molecular formula is C47H75NO14. The average molecular weight is 878 g/mol. The van der Waals surface area contributed by atoms with Crippen LogP contribution in [0.5, 0.6) is 0 Å². The molecule has 14 atom stereocenters. The number of allylic oxidation sites excluding steroid dienone is 5. The van der Waals surface area contributed by atoms with E-state index in [0.29, 0.717) is 32.1 Å². The second-order valence-electron chi connectivity index (χ2n) is 18.2. The van der Waals surface area contributed by atoms with Crippen LogP contribution in [-0.4, -0.2) is 138 Å². The minimum absolute atomic E-state index is 0.0159. The number of aliphatic carboxylic acids is 1. The van der Waals surface area contributed by atoms with Crippen LogP contribution in [0.4, 0.5) is 0 Å². The van der Waals surface area contributed by atoms with Crippen molar-refractivity contribution in [1.82, 2.24) is 4.90 Å². The maximum Gasteiger partial charge on any atom is 0.330 e. The predicted octanol–water partition coefficient (Wildman–Crippen LogP) is 4.98. The molecule has 1 saturated carbocycles. The SMILES string of the molecule is COC(=O)/C=C/C[C@H](/C=C(\C)C[C@H](C)C[C@H](OC)[C@H]1O[C@@](O)(C(=O)C(=O)N2CCCC[C@H]2C(=O)O)[C@H](C)C[C@@H]1OC)C(=O)C[C@H](O)[C@@H](C)[C@H](C)/C(C)=C/[C@@H]1CC[C@@H](O)[C@H](OC)C1. The van der Waals surface area contributed by atoms with Gasteiger partial charge in [-0.3, -0.25) is 14.4 Å².